The van der Waals surface area contributed by atoms with Crippen LogP contribution in [0.4, 0.5) is 0 Å². The van der Waals surface area contributed by atoms with Gasteiger partial charge in [0.05, 0.1) is 22.5 Å². The normalized spacial score (nSPS) is 19.7. The van der Waals surface area contributed by atoms with E-state index in [1.807, 2.05) is 45.9 Å². The predicted octanol–water partition coefficient (Wildman–Crippen LogP) is 1.84. The van der Waals surface area contributed by atoms with Gasteiger partial charge in [-0.25, -0.2) is 9.97 Å². The highest BCUT2D eigenvalue weighted by molar-refractivity contribution is 6.61. The van der Waals surface area contributed by atoms with Gasteiger partial charge in [0.25, 0.3) is 0 Å². The third kappa shape index (κ3) is 2.56. The van der Waals surface area contributed by atoms with Gasteiger partial charge in [-0.15, -0.1) is 0 Å². The van der Waals surface area contributed by atoms with Crippen LogP contribution >= 0.6 is 0 Å². The monoisotopic (exact) mass is 283 g/mol. The average Bonchev–Trinajstić information content (AvgIpc) is 2.69. The van der Waals surface area contributed by atoms with E-state index in [1.54, 1.807) is 12.4 Å². The molecule has 0 aromatic carbocycles. The second-order valence-corrected chi connectivity index (χ2v) is 6.15. The van der Waals surface area contributed by atoms with E-state index in [4.69, 9.17) is 9.31 Å². The van der Waals surface area contributed by atoms with E-state index < -0.39 is 7.12 Å². The maximum Gasteiger partial charge on any atom is 0.514 e. The molecule has 0 radical (unpaired) electrons. The van der Waals surface area contributed by atoms with Crippen LogP contribution in [0.3, 0.4) is 0 Å². The molecular weight excluding hydrogens is 265 g/mol. The Kier molecular flexibility index (Phi) is 3.30. The van der Waals surface area contributed by atoms with E-state index in [2.05, 4.69) is 15.0 Å². The van der Waals surface area contributed by atoms with E-state index in [9.17, 15) is 0 Å². The summed E-state index contributed by atoms with van der Waals surface area (Å²) in [6, 6.07) is 5.73. The van der Waals surface area contributed by atoms with Crippen molar-refractivity contribution in [2.75, 3.05) is 0 Å². The lowest BCUT2D eigenvalue weighted by molar-refractivity contribution is 0.00578. The molecule has 0 atom stereocenters. The first-order chi connectivity index (χ1) is 9.89. The van der Waals surface area contributed by atoms with E-state index >= 15 is 0 Å². The summed E-state index contributed by atoms with van der Waals surface area (Å²) < 4.78 is 12.0. The first-order valence-corrected chi connectivity index (χ1v) is 6.97. The molecule has 2 aromatic heterocycles. The lowest BCUT2D eigenvalue weighted by Crippen LogP contribution is -2.41. The van der Waals surface area contributed by atoms with Crippen molar-refractivity contribution < 1.29 is 9.31 Å². The van der Waals surface area contributed by atoms with E-state index in [1.165, 1.54) is 6.33 Å². The largest absolute Gasteiger partial charge is 0.514 e. The average molecular weight is 283 g/mol. The molecule has 3 heterocycles. The third-order valence-electron chi connectivity index (χ3n) is 4.15. The summed E-state index contributed by atoms with van der Waals surface area (Å²) in [5.74, 6) is 0. The molecule has 6 heteroatoms. The second kappa shape index (κ2) is 4.89. The molecule has 0 N–H and O–H groups in total. The van der Waals surface area contributed by atoms with E-state index in [0.29, 0.717) is 0 Å². The molecule has 1 fully saturated rings. The van der Waals surface area contributed by atoms with Gasteiger partial charge in [-0.05, 0) is 45.9 Å². The van der Waals surface area contributed by atoms with Gasteiger partial charge in [0.15, 0.2) is 0 Å². The Labute approximate surface area is 124 Å². The van der Waals surface area contributed by atoms with Crippen LogP contribution < -0.4 is 5.59 Å². The molecule has 3 rings (SSSR count). The molecule has 0 bridgehead atoms. The smallest absolute Gasteiger partial charge is 0.398 e. The summed E-state index contributed by atoms with van der Waals surface area (Å²) in [6.07, 6.45) is 5.00. The molecule has 2 aromatic rings. The summed E-state index contributed by atoms with van der Waals surface area (Å²) in [5, 5.41) is 0. The van der Waals surface area contributed by atoms with Crippen LogP contribution in [0.25, 0.3) is 11.3 Å². The van der Waals surface area contributed by atoms with Crippen molar-refractivity contribution in [1.82, 2.24) is 15.0 Å². The zero-order valence-electron chi connectivity index (χ0n) is 12.7. The minimum absolute atomic E-state index is 0.371. The molecule has 0 unspecified atom stereocenters. The highest BCUT2D eigenvalue weighted by Gasteiger charge is 2.52. The fourth-order valence-corrected chi connectivity index (χ4v) is 2.16. The summed E-state index contributed by atoms with van der Waals surface area (Å²) in [7, 11) is -0.461. The van der Waals surface area contributed by atoms with Crippen LogP contribution in [0.5, 0.6) is 0 Å². The zero-order chi connectivity index (χ0) is 15.1. The van der Waals surface area contributed by atoms with Crippen LogP contribution in [0.15, 0.2) is 36.9 Å². The molecule has 0 spiro atoms. The topological polar surface area (TPSA) is 57.1 Å². The number of pyridine rings is 1. The van der Waals surface area contributed by atoms with Crippen LogP contribution in [0, 0.1) is 0 Å². The maximum absolute atomic E-state index is 6.02. The van der Waals surface area contributed by atoms with Crippen molar-refractivity contribution >= 4 is 12.7 Å². The minimum Gasteiger partial charge on any atom is -0.398 e. The fourth-order valence-electron chi connectivity index (χ4n) is 2.16. The highest BCUT2D eigenvalue weighted by atomic mass is 16.7. The van der Waals surface area contributed by atoms with Gasteiger partial charge in [0.2, 0.25) is 0 Å². The summed E-state index contributed by atoms with van der Waals surface area (Å²) in [4.78, 5) is 12.6. The fraction of sp³-hybridized carbons (Fsp3) is 0.400. The zero-order valence-corrected chi connectivity index (χ0v) is 12.7. The van der Waals surface area contributed by atoms with Gasteiger partial charge < -0.3 is 9.31 Å². The van der Waals surface area contributed by atoms with Crippen LogP contribution in [-0.2, 0) is 9.31 Å². The van der Waals surface area contributed by atoms with E-state index in [0.717, 1.165) is 16.9 Å². The molecule has 0 saturated carbocycles. The molecular formula is C15H18BN3O2. The van der Waals surface area contributed by atoms with Crippen molar-refractivity contribution in [3.63, 3.8) is 0 Å². The maximum atomic E-state index is 6.02. The Morgan fingerprint density at radius 2 is 1.67 bits per heavy atom. The van der Waals surface area contributed by atoms with Crippen LogP contribution in [0.1, 0.15) is 27.7 Å². The Hall–Kier alpha value is -1.79. The van der Waals surface area contributed by atoms with Gasteiger partial charge in [0, 0.05) is 18.0 Å². The molecule has 1 aliphatic rings. The molecule has 0 aliphatic carbocycles. The number of hydrogen-bond donors (Lipinski definition) is 0. The number of nitrogens with zero attached hydrogens (tertiary/aromatic N) is 3. The lowest BCUT2D eigenvalue weighted by Gasteiger charge is -2.32. The SMILES string of the molecule is CC1(C)OB(c2cc(-c3ccncn3)ccn2)OC1(C)C. The van der Waals surface area contributed by atoms with Crippen LogP contribution in [0.2, 0.25) is 0 Å². The first kappa shape index (κ1) is 14.2. The molecule has 1 aliphatic heterocycles. The van der Waals surface area contributed by atoms with Gasteiger partial charge in [-0.3, -0.25) is 4.98 Å². The summed E-state index contributed by atoms with van der Waals surface area (Å²) in [6.45, 7) is 8.12. The molecule has 21 heavy (non-hydrogen) atoms. The quantitative estimate of drug-likeness (QED) is 0.787. The minimum atomic E-state index is -0.461. The van der Waals surface area contributed by atoms with Gasteiger partial charge in [0.1, 0.15) is 6.33 Å². The Morgan fingerprint density at radius 3 is 2.29 bits per heavy atom. The number of hydrogen-bond acceptors (Lipinski definition) is 5. The summed E-state index contributed by atoms with van der Waals surface area (Å²) >= 11 is 0. The van der Waals surface area contributed by atoms with Gasteiger partial charge >= 0.3 is 7.12 Å². The lowest BCUT2D eigenvalue weighted by atomic mass is 9.83. The van der Waals surface area contributed by atoms with Crippen LogP contribution in [-0.4, -0.2) is 33.3 Å². The van der Waals surface area contributed by atoms with Crippen molar-refractivity contribution in [1.29, 1.82) is 0 Å². The van der Waals surface area contributed by atoms with Gasteiger partial charge in [-0.1, -0.05) is 0 Å². The molecule has 1 saturated heterocycles. The molecule has 108 valence electrons. The predicted molar refractivity (Wildman–Crippen MR) is 81.0 cm³/mol. The van der Waals surface area contributed by atoms with Crippen molar-refractivity contribution in [3.8, 4) is 11.3 Å². The highest BCUT2D eigenvalue weighted by Crippen LogP contribution is 2.36. The first-order valence-electron chi connectivity index (χ1n) is 6.97. The standard InChI is InChI=1S/C15H18BN3O2/c1-14(2)15(3,4)21-16(20-14)13-9-11(5-8-18-13)12-6-7-17-10-19-12/h5-10H,1-4H3. The second-order valence-electron chi connectivity index (χ2n) is 6.15. The Balaban J connectivity index is 1.92. The molecule has 5 nitrogen and oxygen atoms in total. The number of aromatic nitrogens is 3. The van der Waals surface area contributed by atoms with Gasteiger partial charge in [-0.2, -0.15) is 0 Å². The summed E-state index contributed by atoms with van der Waals surface area (Å²) in [5.41, 5.74) is 1.83. The number of rotatable bonds is 2. The van der Waals surface area contributed by atoms with Crippen molar-refractivity contribution in [2.24, 2.45) is 0 Å². The Morgan fingerprint density at radius 1 is 0.952 bits per heavy atom. The van der Waals surface area contributed by atoms with E-state index in [-0.39, 0.29) is 11.2 Å². The Bertz CT molecular complexity index is 630. The van der Waals surface area contributed by atoms with Crippen molar-refractivity contribution in [3.05, 3.63) is 36.9 Å². The molecule has 0 amide bonds. The third-order valence-corrected chi connectivity index (χ3v) is 4.15. The van der Waals surface area contributed by atoms with Crippen molar-refractivity contribution in [2.45, 2.75) is 38.9 Å².